The predicted molar refractivity (Wildman–Crippen MR) is 128 cm³/mol. The van der Waals surface area contributed by atoms with Crippen molar-refractivity contribution in [2.75, 3.05) is 27.3 Å². The Labute approximate surface area is 202 Å². The Morgan fingerprint density at radius 1 is 1.26 bits per heavy atom. The van der Waals surface area contributed by atoms with Gasteiger partial charge in [-0.05, 0) is 60.3 Å². The normalized spacial score (nSPS) is 34.7. The fourth-order valence-electron chi connectivity index (χ4n) is 7.14. The van der Waals surface area contributed by atoms with Crippen molar-refractivity contribution in [2.45, 2.75) is 64.5 Å². The van der Waals surface area contributed by atoms with E-state index in [4.69, 9.17) is 14.2 Å². The lowest BCUT2D eigenvalue weighted by molar-refractivity contribution is -0.145. The number of esters is 1. The Bertz CT molecular complexity index is 1040. The van der Waals surface area contributed by atoms with Gasteiger partial charge in [-0.3, -0.25) is 9.69 Å². The van der Waals surface area contributed by atoms with Crippen molar-refractivity contribution >= 4 is 5.97 Å². The summed E-state index contributed by atoms with van der Waals surface area (Å²) in [5.74, 6) is 1.84. The van der Waals surface area contributed by atoms with Gasteiger partial charge in [-0.2, -0.15) is 5.26 Å². The zero-order valence-corrected chi connectivity index (χ0v) is 20.8. The summed E-state index contributed by atoms with van der Waals surface area (Å²) in [4.78, 5) is 15.4. The lowest BCUT2D eigenvalue weighted by atomic mass is 9.59. The highest BCUT2D eigenvalue weighted by Gasteiger charge is 2.52. The molecule has 4 aliphatic rings. The molecule has 6 nitrogen and oxygen atoms in total. The Kier molecular flexibility index (Phi) is 6.10. The zero-order chi connectivity index (χ0) is 24.0. The minimum Gasteiger partial charge on any atom is -0.493 e. The molecule has 0 bridgehead atoms. The van der Waals surface area contributed by atoms with E-state index in [-0.39, 0.29) is 35.4 Å². The first-order valence-corrected chi connectivity index (χ1v) is 12.7. The number of hydrogen-bond donors (Lipinski definition) is 0. The van der Waals surface area contributed by atoms with Crippen molar-refractivity contribution in [1.82, 2.24) is 4.90 Å². The molecule has 2 aliphatic carbocycles. The number of allylic oxidation sites excluding steroid dienone is 1. The highest BCUT2D eigenvalue weighted by Crippen LogP contribution is 2.54. The molecule has 34 heavy (non-hydrogen) atoms. The maximum absolute atomic E-state index is 13.1. The number of nitrogens with zero attached hydrogens (tertiary/aromatic N) is 2. The second-order valence-electron chi connectivity index (χ2n) is 10.9. The number of rotatable bonds is 5. The van der Waals surface area contributed by atoms with Crippen LogP contribution in [0.5, 0.6) is 11.5 Å². The van der Waals surface area contributed by atoms with Gasteiger partial charge in [0.05, 0.1) is 32.6 Å². The molecule has 0 amide bonds. The molecule has 2 heterocycles. The van der Waals surface area contributed by atoms with Crippen molar-refractivity contribution < 1.29 is 19.0 Å². The van der Waals surface area contributed by atoms with Crippen molar-refractivity contribution in [1.29, 1.82) is 5.26 Å². The highest BCUT2D eigenvalue weighted by atomic mass is 16.6. The molecule has 182 valence electrons. The minimum absolute atomic E-state index is 0.0209. The van der Waals surface area contributed by atoms with Crippen LogP contribution in [0.1, 0.15) is 63.1 Å². The number of ether oxygens (including phenoxy) is 3. The maximum atomic E-state index is 13.1. The molecule has 0 aromatic heterocycles. The monoisotopic (exact) mass is 464 g/mol. The van der Waals surface area contributed by atoms with Gasteiger partial charge in [0.2, 0.25) is 0 Å². The number of hydrogen-bond acceptors (Lipinski definition) is 6. The van der Waals surface area contributed by atoms with Crippen LogP contribution in [-0.2, 0) is 16.0 Å². The average Bonchev–Trinajstić information content (AvgIpc) is 3.11. The second kappa shape index (κ2) is 8.92. The molecule has 6 heteroatoms. The summed E-state index contributed by atoms with van der Waals surface area (Å²) in [5.41, 5.74) is 3.99. The van der Waals surface area contributed by atoms with Gasteiger partial charge in [0.25, 0.3) is 0 Å². The molecule has 0 spiro atoms. The van der Waals surface area contributed by atoms with Crippen LogP contribution >= 0.6 is 0 Å². The van der Waals surface area contributed by atoms with E-state index < -0.39 is 0 Å². The van der Waals surface area contributed by atoms with Crippen molar-refractivity contribution in [3.8, 4) is 17.6 Å². The lowest BCUT2D eigenvalue weighted by Gasteiger charge is -2.46. The van der Waals surface area contributed by atoms with Crippen LogP contribution in [0.2, 0.25) is 0 Å². The molecule has 6 atom stereocenters. The van der Waals surface area contributed by atoms with E-state index in [2.05, 4.69) is 30.9 Å². The first kappa shape index (κ1) is 23.2. The van der Waals surface area contributed by atoms with Crippen LogP contribution in [-0.4, -0.2) is 44.3 Å². The predicted octanol–water partition coefficient (Wildman–Crippen LogP) is 4.83. The van der Waals surface area contributed by atoms with E-state index >= 15 is 0 Å². The van der Waals surface area contributed by atoms with E-state index in [0.29, 0.717) is 30.4 Å². The van der Waals surface area contributed by atoms with E-state index in [9.17, 15) is 10.1 Å². The Balaban J connectivity index is 1.44. The molecule has 1 aromatic carbocycles. The Morgan fingerprint density at radius 3 is 2.76 bits per heavy atom. The van der Waals surface area contributed by atoms with Gasteiger partial charge in [0, 0.05) is 25.0 Å². The summed E-state index contributed by atoms with van der Waals surface area (Å²) in [7, 11) is 3.28. The van der Waals surface area contributed by atoms with Crippen molar-refractivity contribution in [2.24, 2.45) is 23.2 Å². The molecule has 6 unspecified atom stereocenters. The molecule has 2 aliphatic heterocycles. The van der Waals surface area contributed by atoms with Crippen molar-refractivity contribution in [3.63, 3.8) is 0 Å². The number of fused-ring (bicyclic) bond motifs is 3. The smallest absolute Gasteiger partial charge is 0.311 e. The largest absolute Gasteiger partial charge is 0.493 e. The summed E-state index contributed by atoms with van der Waals surface area (Å²) in [6, 6.07) is 6.34. The molecule has 1 saturated carbocycles. The second-order valence-corrected chi connectivity index (χ2v) is 10.9. The van der Waals surface area contributed by atoms with E-state index in [1.165, 1.54) is 30.4 Å². The van der Waals surface area contributed by atoms with Gasteiger partial charge in [0.1, 0.15) is 6.10 Å². The summed E-state index contributed by atoms with van der Waals surface area (Å²) < 4.78 is 17.0. The van der Waals surface area contributed by atoms with Crippen LogP contribution < -0.4 is 9.47 Å². The molecular formula is C28H36N2O4. The fraction of sp³-hybridized carbons (Fsp3) is 0.643. The summed E-state index contributed by atoms with van der Waals surface area (Å²) in [6.45, 7) is 6.12. The van der Waals surface area contributed by atoms with Crippen molar-refractivity contribution in [3.05, 3.63) is 34.9 Å². The molecule has 2 fully saturated rings. The van der Waals surface area contributed by atoms with Crippen LogP contribution in [0, 0.1) is 34.5 Å². The van der Waals surface area contributed by atoms with Gasteiger partial charge in [-0.1, -0.05) is 31.9 Å². The third kappa shape index (κ3) is 3.79. The quantitative estimate of drug-likeness (QED) is 0.459. The van der Waals surface area contributed by atoms with Gasteiger partial charge in [-0.15, -0.1) is 0 Å². The number of carbonyl (C=O) groups excluding carboxylic acids is 1. The van der Waals surface area contributed by atoms with Crippen LogP contribution in [0.15, 0.2) is 23.8 Å². The Morgan fingerprint density at radius 2 is 2.03 bits per heavy atom. The highest BCUT2D eigenvalue weighted by molar-refractivity contribution is 5.76. The van der Waals surface area contributed by atoms with Crippen LogP contribution in [0.4, 0.5) is 0 Å². The molecule has 0 radical (unpaired) electrons. The van der Waals surface area contributed by atoms with E-state index in [1.807, 2.05) is 12.1 Å². The van der Waals surface area contributed by atoms with Crippen LogP contribution in [0.25, 0.3) is 0 Å². The first-order valence-electron chi connectivity index (χ1n) is 12.7. The van der Waals surface area contributed by atoms with E-state index in [1.54, 1.807) is 14.2 Å². The SMILES string of the molecule is COc1cc2c(cc1OC)C(CC#N)N(CC1C(=O)OC3CC4(C)CCCC(C)C4=CC31)CC2. The minimum atomic E-state index is -0.181. The van der Waals surface area contributed by atoms with Gasteiger partial charge < -0.3 is 14.2 Å². The average molecular weight is 465 g/mol. The summed E-state index contributed by atoms with van der Waals surface area (Å²) >= 11 is 0. The maximum Gasteiger partial charge on any atom is 0.311 e. The number of nitriles is 1. The third-order valence-corrected chi connectivity index (χ3v) is 8.91. The summed E-state index contributed by atoms with van der Waals surface area (Å²) in [5, 5.41) is 9.64. The number of benzene rings is 1. The molecule has 1 saturated heterocycles. The van der Waals surface area contributed by atoms with Gasteiger partial charge >= 0.3 is 5.97 Å². The third-order valence-electron chi connectivity index (χ3n) is 8.91. The van der Waals surface area contributed by atoms with E-state index in [0.717, 1.165) is 24.9 Å². The molecular weight excluding hydrogens is 428 g/mol. The molecule has 1 aromatic rings. The van der Waals surface area contributed by atoms with Gasteiger partial charge in [-0.25, -0.2) is 0 Å². The number of methoxy groups -OCH3 is 2. The fourth-order valence-corrected chi connectivity index (χ4v) is 7.14. The first-order chi connectivity index (χ1) is 16.4. The molecule has 0 N–H and O–H groups in total. The lowest BCUT2D eigenvalue weighted by Crippen LogP contribution is -2.43. The van der Waals surface area contributed by atoms with Gasteiger partial charge in [0.15, 0.2) is 11.5 Å². The standard InChI is InChI=1S/C28H36N2O4/c1-17-6-5-9-28(2)15-26-20(13-22(17)28)21(27(31)34-26)16-30-11-8-18-12-24(32-3)25(33-4)14-19(18)23(30)7-10-29/h12-14,17,20-21,23,26H,5-9,11,15-16H2,1-4H3. The Hall–Kier alpha value is -2.52. The zero-order valence-electron chi connectivity index (χ0n) is 20.8. The number of carbonyl (C=O) groups is 1. The van der Waals surface area contributed by atoms with Crippen LogP contribution in [0.3, 0.4) is 0 Å². The molecule has 5 rings (SSSR count). The topological polar surface area (TPSA) is 71.8 Å². The summed E-state index contributed by atoms with van der Waals surface area (Å²) in [6.07, 6.45) is 8.23.